The molecule has 0 saturated carbocycles. The Hall–Kier alpha value is -0.110. The molecule has 1 atom stereocenters. The highest BCUT2D eigenvalue weighted by Crippen LogP contribution is 2.23. The van der Waals surface area contributed by atoms with Crippen LogP contribution in [-0.4, -0.2) is 18.4 Å². The average Bonchev–Trinajstić information content (AvgIpc) is 1.78. The number of ether oxygens (including phenoxy) is 1. The average molecular weight is 190 g/mol. The lowest BCUT2D eigenvalue weighted by atomic mass is 9.90. The standard InChI is InChI=1S/C11H23FO/c1-10(2,3)7-9(12)8-13-11(4,5)6/h9H,7-8H2,1-6H3. The van der Waals surface area contributed by atoms with E-state index in [2.05, 4.69) is 0 Å². The van der Waals surface area contributed by atoms with E-state index in [-0.39, 0.29) is 17.6 Å². The maximum Gasteiger partial charge on any atom is 0.124 e. The zero-order valence-corrected chi connectivity index (χ0v) is 9.78. The van der Waals surface area contributed by atoms with Crippen LogP contribution in [0.2, 0.25) is 0 Å². The molecule has 0 aliphatic heterocycles. The third-order valence-electron chi connectivity index (χ3n) is 1.53. The van der Waals surface area contributed by atoms with Gasteiger partial charge in [-0.05, 0) is 32.6 Å². The Kier molecular flexibility index (Phi) is 4.37. The van der Waals surface area contributed by atoms with E-state index in [1.165, 1.54) is 0 Å². The summed E-state index contributed by atoms with van der Waals surface area (Å²) in [6.07, 6.45) is -0.289. The maximum absolute atomic E-state index is 13.3. The van der Waals surface area contributed by atoms with Crippen molar-refractivity contribution in [3.63, 3.8) is 0 Å². The molecule has 0 rings (SSSR count). The molecule has 0 aromatic carbocycles. The Balaban J connectivity index is 3.70. The van der Waals surface area contributed by atoms with Gasteiger partial charge in [0.2, 0.25) is 0 Å². The molecule has 0 heterocycles. The Morgan fingerprint density at radius 1 is 1.08 bits per heavy atom. The molecule has 13 heavy (non-hydrogen) atoms. The fraction of sp³-hybridized carbons (Fsp3) is 1.00. The van der Waals surface area contributed by atoms with Crippen LogP contribution in [-0.2, 0) is 4.74 Å². The second kappa shape index (κ2) is 4.41. The van der Waals surface area contributed by atoms with Gasteiger partial charge in [0.15, 0.2) is 0 Å². The number of rotatable bonds is 3. The third kappa shape index (κ3) is 9.81. The molecule has 0 fully saturated rings. The zero-order chi connectivity index (χ0) is 10.7. The van der Waals surface area contributed by atoms with Gasteiger partial charge in [0.05, 0.1) is 12.2 Å². The highest BCUT2D eigenvalue weighted by Gasteiger charge is 2.20. The highest BCUT2D eigenvalue weighted by atomic mass is 19.1. The molecule has 0 amide bonds. The molecule has 0 spiro atoms. The van der Waals surface area contributed by atoms with Crippen LogP contribution in [0, 0.1) is 5.41 Å². The van der Waals surface area contributed by atoms with E-state index in [0.29, 0.717) is 6.42 Å². The Bertz CT molecular complexity index is 141. The predicted octanol–water partition coefficient (Wildman–Crippen LogP) is 3.58. The first-order valence-electron chi connectivity index (χ1n) is 4.88. The molecule has 0 N–H and O–H groups in total. The molecule has 0 radical (unpaired) electrons. The van der Waals surface area contributed by atoms with Crippen molar-refractivity contribution >= 4 is 0 Å². The van der Waals surface area contributed by atoms with E-state index in [4.69, 9.17) is 4.74 Å². The van der Waals surface area contributed by atoms with E-state index in [1.54, 1.807) is 0 Å². The Morgan fingerprint density at radius 3 is 1.85 bits per heavy atom. The SMILES string of the molecule is CC(C)(C)CC(F)COC(C)(C)C. The molecule has 0 bridgehead atoms. The topological polar surface area (TPSA) is 9.23 Å². The lowest BCUT2D eigenvalue weighted by Gasteiger charge is -2.24. The van der Waals surface area contributed by atoms with Crippen molar-refractivity contribution in [2.24, 2.45) is 5.41 Å². The predicted molar refractivity (Wildman–Crippen MR) is 54.7 cm³/mol. The van der Waals surface area contributed by atoms with Gasteiger partial charge in [-0.15, -0.1) is 0 Å². The van der Waals surface area contributed by atoms with Gasteiger partial charge in [-0.25, -0.2) is 4.39 Å². The van der Waals surface area contributed by atoms with Gasteiger partial charge in [0, 0.05) is 0 Å². The lowest BCUT2D eigenvalue weighted by molar-refractivity contribution is -0.0356. The molecule has 0 aliphatic carbocycles. The van der Waals surface area contributed by atoms with Crippen LogP contribution in [0.15, 0.2) is 0 Å². The van der Waals surface area contributed by atoms with Crippen LogP contribution in [0.4, 0.5) is 4.39 Å². The zero-order valence-electron chi connectivity index (χ0n) is 9.78. The minimum absolute atomic E-state index is 0.0423. The van der Waals surface area contributed by atoms with Crippen LogP contribution < -0.4 is 0 Å². The summed E-state index contributed by atoms with van der Waals surface area (Å²) in [5.74, 6) is 0. The smallest absolute Gasteiger partial charge is 0.124 e. The lowest BCUT2D eigenvalue weighted by Crippen LogP contribution is -2.26. The summed E-state index contributed by atoms with van der Waals surface area (Å²) in [5.41, 5.74) is -0.192. The summed E-state index contributed by atoms with van der Waals surface area (Å²) >= 11 is 0. The van der Waals surface area contributed by atoms with Crippen molar-refractivity contribution in [3.05, 3.63) is 0 Å². The first-order chi connectivity index (χ1) is 5.60. The van der Waals surface area contributed by atoms with Crippen molar-refractivity contribution in [2.75, 3.05) is 6.61 Å². The normalized spacial score (nSPS) is 15.9. The fourth-order valence-corrected chi connectivity index (χ4v) is 1.06. The Labute approximate surface area is 81.7 Å². The van der Waals surface area contributed by atoms with Gasteiger partial charge in [-0.1, -0.05) is 20.8 Å². The molecule has 1 nitrogen and oxygen atoms in total. The number of alkyl halides is 1. The van der Waals surface area contributed by atoms with Crippen molar-refractivity contribution in [2.45, 2.75) is 59.7 Å². The summed E-state index contributed by atoms with van der Waals surface area (Å²) < 4.78 is 18.7. The minimum Gasteiger partial charge on any atom is -0.373 e. The third-order valence-corrected chi connectivity index (χ3v) is 1.53. The van der Waals surface area contributed by atoms with Gasteiger partial charge < -0.3 is 4.74 Å². The van der Waals surface area contributed by atoms with Crippen LogP contribution in [0.5, 0.6) is 0 Å². The van der Waals surface area contributed by atoms with Gasteiger partial charge in [0.25, 0.3) is 0 Å². The summed E-state index contributed by atoms with van der Waals surface area (Å²) in [5, 5.41) is 0. The summed E-state index contributed by atoms with van der Waals surface area (Å²) in [6.45, 7) is 12.1. The molecule has 0 aliphatic rings. The van der Waals surface area contributed by atoms with Gasteiger partial charge in [-0.3, -0.25) is 0 Å². The number of hydrogen-bond donors (Lipinski definition) is 0. The van der Waals surface area contributed by atoms with E-state index in [0.717, 1.165) is 0 Å². The van der Waals surface area contributed by atoms with E-state index in [9.17, 15) is 4.39 Å². The molecule has 0 saturated heterocycles. The summed E-state index contributed by atoms with van der Waals surface area (Å²) in [7, 11) is 0. The second-order valence-electron chi connectivity index (χ2n) is 5.79. The van der Waals surface area contributed by atoms with Gasteiger partial charge in [-0.2, -0.15) is 0 Å². The monoisotopic (exact) mass is 190 g/mol. The molecular formula is C11H23FO. The second-order valence-corrected chi connectivity index (χ2v) is 5.79. The minimum atomic E-state index is -0.848. The van der Waals surface area contributed by atoms with E-state index in [1.807, 2.05) is 41.5 Å². The molecule has 80 valence electrons. The largest absolute Gasteiger partial charge is 0.373 e. The summed E-state index contributed by atoms with van der Waals surface area (Å²) in [6, 6.07) is 0. The van der Waals surface area contributed by atoms with Crippen molar-refractivity contribution in [1.29, 1.82) is 0 Å². The van der Waals surface area contributed by atoms with Crippen LogP contribution >= 0.6 is 0 Å². The maximum atomic E-state index is 13.3. The first kappa shape index (κ1) is 12.9. The van der Waals surface area contributed by atoms with Gasteiger partial charge >= 0.3 is 0 Å². The van der Waals surface area contributed by atoms with Crippen LogP contribution in [0.1, 0.15) is 48.0 Å². The number of hydrogen-bond acceptors (Lipinski definition) is 1. The molecule has 2 heteroatoms. The van der Waals surface area contributed by atoms with Crippen molar-refractivity contribution in [3.8, 4) is 0 Å². The fourth-order valence-electron chi connectivity index (χ4n) is 1.06. The van der Waals surface area contributed by atoms with E-state index < -0.39 is 6.17 Å². The van der Waals surface area contributed by atoms with Crippen molar-refractivity contribution < 1.29 is 9.13 Å². The quantitative estimate of drug-likeness (QED) is 0.661. The molecular weight excluding hydrogens is 167 g/mol. The van der Waals surface area contributed by atoms with Crippen molar-refractivity contribution in [1.82, 2.24) is 0 Å². The molecule has 0 aromatic rings. The number of halogens is 1. The first-order valence-corrected chi connectivity index (χ1v) is 4.88. The van der Waals surface area contributed by atoms with Crippen LogP contribution in [0.3, 0.4) is 0 Å². The van der Waals surface area contributed by atoms with Crippen LogP contribution in [0.25, 0.3) is 0 Å². The van der Waals surface area contributed by atoms with E-state index >= 15 is 0 Å². The van der Waals surface area contributed by atoms with Gasteiger partial charge in [0.1, 0.15) is 6.17 Å². The molecule has 0 aromatic heterocycles. The highest BCUT2D eigenvalue weighted by molar-refractivity contribution is 4.69. The summed E-state index contributed by atoms with van der Waals surface area (Å²) in [4.78, 5) is 0. The Morgan fingerprint density at radius 2 is 1.54 bits per heavy atom. The molecule has 1 unspecified atom stereocenters.